The molecule has 2 unspecified atom stereocenters. The highest BCUT2D eigenvalue weighted by Gasteiger charge is 2.25. The molecule has 6 heteroatoms. The molecule has 0 spiro atoms. The molecule has 3 rings (SSSR count). The summed E-state index contributed by atoms with van der Waals surface area (Å²) in [7, 11) is 3.92. The van der Waals surface area contributed by atoms with Crippen LogP contribution in [0.15, 0.2) is 12.3 Å². The predicted octanol–water partition coefficient (Wildman–Crippen LogP) is 1.46. The molecule has 0 radical (unpaired) electrons. The number of likely N-dealkylation sites (tertiary alicyclic amines) is 1. The van der Waals surface area contributed by atoms with E-state index in [1.807, 2.05) is 31.3 Å². The van der Waals surface area contributed by atoms with Crippen LogP contribution in [0.4, 0.5) is 11.8 Å². The van der Waals surface area contributed by atoms with E-state index in [9.17, 15) is 0 Å². The van der Waals surface area contributed by atoms with Gasteiger partial charge in [-0.1, -0.05) is 0 Å². The highest BCUT2D eigenvalue weighted by molar-refractivity contribution is 5.41. The van der Waals surface area contributed by atoms with Gasteiger partial charge in [0, 0.05) is 52.6 Å². The lowest BCUT2D eigenvalue weighted by Crippen LogP contribution is -2.33. The quantitative estimate of drug-likeness (QED) is 0.889. The van der Waals surface area contributed by atoms with Gasteiger partial charge in [0.1, 0.15) is 5.82 Å². The predicted molar refractivity (Wildman–Crippen MR) is 88.4 cm³/mol. The highest BCUT2D eigenvalue weighted by Crippen LogP contribution is 2.20. The summed E-state index contributed by atoms with van der Waals surface area (Å²) in [5.41, 5.74) is 0. The van der Waals surface area contributed by atoms with Crippen molar-refractivity contribution in [2.24, 2.45) is 5.92 Å². The molecule has 1 aromatic heterocycles. The van der Waals surface area contributed by atoms with E-state index in [-0.39, 0.29) is 0 Å². The molecule has 1 aromatic rings. The number of rotatable bonds is 5. The van der Waals surface area contributed by atoms with Crippen LogP contribution in [0.25, 0.3) is 0 Å². The summed E-state index contributed by atoms with van der Waals surface area (Å²) in [5, 5.41) is 3.55. The largest absolute Gasteiger partial charge is 0.381 e. The maximum atomic E-state index is 5.59. The van der Waals surface area contributed by atoms with Gasteiger partial charge in [-0.25, -0.2) is 4.98 Å². The molecule has 3 heterocycles. The molecule has 6 nitrogen and oxygen atoms in total. The van der Waals surface area contributed by atoms with Crippen LogP contribution in [0.1, 0.15) is 19.3 Å². The Bertz CT molecular complexity index is 475. The summed E-state index contributed by atoms with van der Waals surface area (Å²) in [4.78, 5) is 13.3. The second-order valence-corrected chi connectivity index (χ2v) is 6.61. The van der Waals surface area contributed by atoms with Gasteiger partial charge in [0.05, 0.1) is 6.61 Å². The molecule has 2 aliphatic rings. The highest BCUT2D eigenvalue weighted by atomic mass is 16.5. The Morgan fingerprint density at radius 3 is 3.09 bits per heavy atom. The Labute approximate surface area is 132 Å². The first-order chi connectivity index (χ1) is 10.7. The Kier molecular flexibility index (Phi) is 5.10. The summed E-state index contributed by atoms with van der Waals surface area (Å²) in [5.74, 6) is 2.39. The zero-order valence-electron chi connectivity index (χ0n) is 13.7. The van der Waals surface area contributed by atoms with Crippen LogP contribution in [0.5, 0.6) is 0 Å². The first-order valence-electron chi connectivity index (χ1n) is 8.28. The summed E-state index contributed by atoms with van der Waals surface area (Å²) >= 11 is 0. The molecule has 22 heavy (non-hydrogen) atoms. The molecular formula is C16H27N5O. The first kappa shape index (κ1) is 15.5. The van der Waals surface area contributed by atoms with Crippen LogP contribution < -0.4 is 10.2 Å². The van der Waals surface area contributed by atoms with Crippen LogP contribution >= 0.6 is 0 Å². The fourth-order valence-corrected chi connectivity index (χ4v) is 3.29. The molecular weight excluding hydrogens is 278 g/mol. The van der Waals surface area contributed by atoms with Gasteiger partial charge in [0.15, 0.2) is 0 Å². The Morgan fingerprint density at radius 1 is 1.41 bits per heavy atom. The van der Waals surface area contributed by atoms with Crippen molar-refractivity contribution in [3.63, 3.8) is 0 Å². The molecule has 122 valence electrons. The van der Waals surface area contributed by atoms with E-state index in [2.05, 4.69) is 20.2 Å². The standard InChI is InChI=1S/C16H27N5O/c1-20(2)16-17-7-5-15(19-16)18-14-6-8-21(11-14)10-13-4-3-9-22-12-13/h5,7,13-14H,3-4,6,8-12H2,1-2H3,(H,17,18,19). The van der Waals surface area contributed by atoms with Crippen molar-refractivity contribution < 1.29 is 4.74 Å². The Balaban J connectivity index is 1.49. The molecule has 2 saturated heterocycles. The van der Waals surface area contributed by atoms with Crippen molar-refractivity contribution in [1.82, 2.24) is 14.9 Å². The van der Waals surface area contributed by atoms with Gasteiger partial charge in [-0.3, -0.25) is 0 Å². The molecule has 2 aliphatic heterocycles. The lowest BCUT2D eigenvalue weighted by Gasteiger charge is -2.27. The fraction of sp³-hybridized carbons (Fsp3) is 0.750. The zero-order valence-corrected chi connectivity index (χ0v) is 13.7. The van der Waals surface area contributed by atoms with Crippen LogP contribution in [-0.2, 0) is 4.74 Å². The molecule has 0 aliphatic carbocycles. The number of hydrogen-bond acceptors (Lipinski definition) is 6. The third-order valence-electron chi connectivity index (χ3n) is 4.44. The number of nitrogens with one attached hydrogen (secondary N) is 1. The summed E-state index contributed by atoms with van der Waals surface area (Å²) in [6, 6.07) is 2.43. The van der Waals surface area contributed by atoms with Crippen LogP contribution in [0.3, 0.4) is 0 Å². The van der Waals surface area contributed by atoms with Crippen LogP contribution in [0, 0.1) is 5.92 Å². The van der Waals surface area contributed by atoms with Crippen molar-refractivity contribution in [3.8, 4) is 0 Å². The van der Waals surface area contributed by atoms with E-state index in [0.717, 1.165) is 31.5 Å². The van der Waals surface area contributed by atoms with E-state index in [1.165, 1.54) is 32.4 Å². The number of nitrogens with zero attached hydrogens (tertiary/aromatic N) is 4. The Morgan fingerprint density at radius 2 is 2.32 bits per heavy atom. The third kappa shape index (κ3) is 4.08. The topological polar surface area (TPSA) is 53.5 Å². The molecule has 2 fully saturated rings. The first-order valence-corrected chi connectivity index (χ1v) is 8.28. The van der Waals surface area contributed by atoms with Gasteiger partial charge in [0.25, 0.3) is 0 Å². The monoisotopic (exact) mass is 305 g/mol. The summed E-state index contributed by atoms with van der Waals surface area (Å²) in [6.07, 6.45) is 5.52. The van der Waals surface area contributed by atoms with E-state index in [1.54, 1.807) is 0 Å². The van der Waals surface area contributed by atoms with E-state index in [4.69, 9.17) is 4.74 Å². The molecule has 0 amide bonds. The fourth-order valence-electron chi connectivity index (χ4n) is 3.29. The van der Waals surface area contributed by atoms with Gasteiger partial charge in [-0.15, -0.1) is 0 Å². The van der Waals surface area contributed by atoms with Gasteiger partial charge >= 0.3 is 0 Å². The Hall–Kier alpha value is -1.40. The van der Waals surface area contributed by atoms with Crippen molar-refractivity contribution >= 4 is 11.8 Å². The van der Waals surface area contributed by atoms with E-state index in [0.29, 0.717) is 12.0 Å². The van der Waals surface area contributed by atoms with E-state index >= 15 is 0 Å². The van der Waals surface area contributed by atoms with Crippen molar-refractivity contribution in [1.29, 1.82) is 0 Å². The summed E-state index contributed by atoms with van der Waals surface area (Å²) in [6.45, 7) is 5.32. The van der Waals surface area contributed by atoms with Gasteiger partial charge < -0.3 is 19.9 Å². The minimum atomic E-state index is 0.481. The van der Waals surface area contributed by atoms with Crippen molar-refractivity contribution in [3.05, 3.63) is 12.3 Å². The SMILES string of the molecule is CN(C)c1nccc(NC2CCN(CC3CCCOC3)C2)n1. The molecule has 0 bridgehead atoms. The van der Waals surface area contributed by atoms with E-state index < -0.39 is 0 Å². The van der Waals surface area contributed by atoms with Gasteiger partial charge in [-0.05, 0) is 31.2 Å². The second-order valence-electron chi connectivity index (χ2n) is 6.61. The number of aromatic nitrogens is 2. The van der Waals surface area contributed by atoms with Gasteiger partial charge in [-0.2, -0.15) is 4.98 Å². The minimum absolute atomic E-state index is 0.481. The summed E-state index contributed by atoms with van der Waals surface area (Å²) < 4.78 is 5.59. The lowest BCUT2D eigenvalue weighted by molar-refractivity contribution is 0.0417. The number of hydrogen-bond donors (Lipinski definition) is 1. The maximum Gasteiger partial charge on any atom is 0.226 e. The van der Waals surface area contributed by atoms with Crippen molar-refractivity contribution in [2.75, 3.05) is 57.2 Å². The molecule has 2 atom stereocenters. The molecule has 1 N–H and O–H groups in total. The molecule has 0 aromatic carbocycles. The third-order valence-corrected chi connectivity index (χ3v) is 4.44. The lowest BCUT2D eigenvalue weighted by atomic mass is 10.0. The molecule has 0 saturated carbocycles. The second kappa shape index (κ2) is 7.24. The van der Waals surface area contributed by atoms with Crippen molar-refractivity contribution in [2.45, 2.75) is 25.3 Å². The normalized spacial score (nSPS) is 26.1. The number of anilines is 2. The number of ether oxygens (including phenoxy) is 1. The van der Waals surface area contributed by atoms with Crippen LogP contribution in [-0.4, -0.2) is 67.9 Å². The smallest absolute Gasteiger partial charge is 0.226 e. The minimum Gasteiger partial charge on any atom is -0.381 e. The maximum absolute atomic E-state index is 5.59. The zero-order chi connectivity index (χ0) is 15.4. The average molecular weight is 305 g/mol. The van der Waals surface area contributed by atoms with Crippen LogP contribution in [0.2, 0.25) is 0 Å². The average Bonchev–Trinajstić information content (AvgIpc) is 2.95. The van der Waals surface area contributed by atoms with Gasteiger partial charge in [0.2, 0.25) is 5.95 Å².